The van der Waals surface area contributed by atoms with Crippen LogP contribution in [0.2, 0.25) is 0 Å². The van der Waals surface area contributed by atoms with Gasteiger partial charge in [0.1, 0.15) is 5.75 Å². The highest BCUT2D eigenvalue weighted by molar-refractivity contribution is 5.80. The first-order valence-electron chi connectivity index (χ1n) is 7.14. The highest BCUT2D eigenvalue weighted by Gasteiger charge is 2.50. The van der Waals surface area contributed by atoms with E-state index in [0.717, 1.165) is 16.9 Å². The molecule has 2 rings (SSSR count). The van der Waals surface area contributed by atoms with Gasteiger partial charge in [-0.1, -0.05) is 12.1 Å². The van der Waals surface area contributed by atoms with E-state index in [4.69, 9.17) is 9.84 Å². The Kier molecular flexibility index (Phi) is 4.50. The topological polar surface area (TPSA) is 75.6 Å². The molecule has 1 aliphatic carbocycles. The molecule has 0 radical (unpaired) electrons. The quantitative estimate of drug-likeness (QED) is 0.806. The van der Waals surface area contributed by atoms with Gasteiger partial charge in [-0.15, -0.1) is 0 Å². The second kappa shape index (κ2) is 6.16. The van der Waals surface area contributed by atoms with Crippen LogP contribution in [0.3, 0.4) is 0 Å². The number of aryl methyl sites for hydroxylation is 1. The van der Waals surface area contributed by atoms with Gasteiger partial charge in [0.25, 0.3) is 0 Å². The van der Waals surface area contributed by atoms with Crippen LogP contribution in [0.5, 0.6) is 5.75 Å². The third kappa shape index (κ3) is 3.74. The van der Waals surface area contributed by atoms with Crippen molar-refractivity contribution in [1.82, 2.24) is 5.32 Å². The van der Waals surface area contributed by atoms with E-state index in [9.17, 15) is 9.59 Å². The van der Waals surface area contributed by atoms with Crippen LogP contribution in [0.4, 0.5) is 0 Å². The summed E-state index contributed by atoms with van der Waals surface area (Å²) in [5.74, 6) is -0.214. The van der Waals surface area contributed by atoms with Gasteiger partial charge in [0.05, 0.1) is 18.4 Å². The molecule has 0 spiro atoms. The minimum Gasteiger partial charge on any atom is -0.493 e. The fraction of sp³-hybridized carbons (Fsp3) is 0.500. The van der Waals surface area contributed by atoms with E-state index < -0.39 is 11.4 Å². The standard InChI is InChI=1S/C16H21NO4/c1-11-4-3-5-13(12(11)2)21-9-6-14(18)17-10-16(7-8-16)15(19)20/h3-5H,6-10H2,1-2H3,(H,17,18)(H,19,20). The fourth-order valence-corrected chi connectivity index (χ4v) is 2.11. The molecule has 1 aromatic carbocycles. The van der Waals surface area contributed by atoms with Crippen molar-refractivity contribution >= 4 is 11.9 Å². The van der Waals surface area contributed by atoms with E-state index in [-0.39, 0.29) is 25.5 Å². The van der Waals surface area contributed by atoms with E-state index in [1.807, 2.05) is 32.0 Å². The zero-order chi connectivity index (χ0) is 15.5. The van der Waals surface area contributed by atoms with Crippen LogP contribution >= 0.6 is 0 Å². The third-order valence-electron chi connectivity index (χ3n) is 4.07. The number of rotatable bonds is 7. The lowest BCUT2D eigenvalue weighted by Crippen LogP contribution is -2.34. The number of carbonyl (C=O) groups is 2. The Morgan fingerprint density at radius 1 is 1.33 bits per heavy atom. The molecule has 0 atom stereocenters. The van der Waals surface area contributed by atoms with Gasteiger partial charge < -0.3 is 15.2 Å². The number of ether oxygens (including phenoxy) is 1. The molecule has 0 aliphatic heterocycles. The Morgan fingerprint density at radius 3 is 2.67 bits per heavy atom. The first-order valence-corrected chi connectivity index (χ1v) is 7.14. The van der Waals surface area contributed by atoms with E-state index in [2.05, 4.69) is 5.32 Å². The van der Waals surface area contributed by atoms with Gasteiger partial charge in [-0.2, -0.15) is 0 Å². The minimum absolute atomic E-state index is 0.173. The first-order chi connectivity index (χ1) is 9.94. The van der Waals surface area contributed by atoms with Crippen LogP contribution < -0.4 is 10.1 Å². The zero-order valence-electron chi connectivity index (χ0n) is 12.4. The molecule has 5 heteroatoms. The highest BCUT2D eigenvalue weighted by Crippen LogP contribution is 2.45. The second-order valence-corrected chi connectivity index (χ2v) is 5.66. The second-order valence-electron chi connectivity index (χ2n) is 5.66. The first kappa shape index (κ1) is 15.4. The van der Waals surface area contributed by atoms with E-state index in [1.54, 1.807) is 0 Å². The van der Waals surface area contributed by atoms with Gasteiger partial charge in [-0.3, -0.25) is 9.59 Å². The number of carboxylic acid groups (broad SMARTS) is 1. The molecule has 1 saturated carbocycles. The van der Waals surface area contributed by atoms with Crippen LogP contribution in [0.25, 0.3) is 0 Å². The van der Waals surface area contributed by atoms with E-state index >= 15 is 0 Å². The molecule has 1 amide bonds. The fourth-order valence-electron chi connectivity index (χ4n) is 2.11. The summed E-state index contributed by atoms with van der Waals surface area (Å²) < 4.78 is 5.61. The maximum atomic E-state index is 11.7. The summed E-state index contributed by atoms with van der Waals surface area (Å²) in [5.41, 5.74) is 1.50. The molecular formula is C16H21NO4. The summed E-state index contributed by atoms with van der Waals surface area (Å²) >= 11 is 0. The van der Waals surface area contributed by atoms with Gasteiger partial charge in [-0.05, 0) is 43.9 Å². The summed E-state index contributed by atoms with van der Waals surface area (Å²) in [6, 6.07) is 5.81. The summed E-state index contributed by atoms with van der Waals surface area (Å²) in [4.78, 5) is 22.7. The Balaban J connectivity index is 1.72. The van der Waals surface area contributed by atoms with E-state index in [0.29, 0.717) is 12.8 Å². The molecule has 1 aliphatic rings. The molecule has 0 bridgehead atoms. The van der Waals surface area contributed by atoms with Crippen molar-refractivity contribution < 1.29 is 19.4 Å². The number of hydrogen-bond donors (Lipinski definition) is 2. The molecule has 1 aromatic rings. The molecule has 0 saturated heterocycles. The number of carboxylic acids is 1. The number of aliphatic carboxylic acids is 1. The smallest absolute Gasteiger partial charge is 0.311 e. The lowest BCUT2D eigenvalue weighted by molar-refractivity contribution is -0.143. The summed E-state index contributed by atoms with van der Waals surface area (Å²) in [6.07, 6.45) is 1.51. The molecule has 2 N–H and O–H groups in total. The average Bonchev–Trinajstić information content (AvgIpc) is 3.22. The maximum Gasteiger partial charge on any atom is 0.311 e. The molecule has 0 unspecified atom stereocenters. The molecule has 21 heavy (non-hydrogen) atoms. The lowest BCUT2D eigenvalue weighted by Gasteiger charge is -2.12. The Hall–Kier alpha value is -2.04. The average molecular weight is 291 g/mol. The van der Waals surface area contributed by atoms with Crippen LogP contribution in [0.1, 0.15) is 30.4 Å². The monoisotopic (exact) mass is 291 g/mol. The number of benzene rings is 1. The van der Waals surface area contributed by atoms with Crippen LogP contribution in [-0.4, -0.2) is 30.1 Å². The van der Waals surface area contributed by atoms with Gasteiger partial charge in [-0.25, -0.2) is 0 Å². The van der Waals surface area contributed by atoms with Crippen molar-refractivity contribution in [2.24, 2.45) is 5.41 Å². The SMILES string of the molecule is Cc1cccc(OCCC(=O)NCC2(C(=O)O)CC2)c1C. The summed E-state index contributed by atoms with van der Waals surface area (Å²) in [6.45, 7) is 4.49. The van der Waals surface area contributed by atoms with Crippen molar-refractivity contribution in [2.75, 3.05) is 13.2 Å². The van der Waals surface area contributed by atoms with Crippen molar-refractivity contribution in [1.29, 1.82) is 0 Å². The van der Waals surface area contributed by atoms with Gasteiger partial charge in [0.15, 0.2) is 0 Å². The third-order valence-corrected chi connectivity index (χ3v) is 4.07. The minimum atomic E-state index is -0.825. The molecule has 0 heterocycles. The molecule has 1 fully saturated rings. The number of nitrogens with one attached hydrogen (secondary N) is 1. The van der Waals surface area contributed by atoms with Crippen molar-refractivity contribution in [3.8, 4) is 5.75 Å². The van der Waals surface area contributed by atoms with Crippen molar-refractivity contribution in [3.05, 3.63) is 29.3 Å². The summed E-state index contributed by atoms with van der Waals surface area (Å²) in [7, 11) is 0. The van der Waals surface area contributed by atoms with Crippen molar-refractivity contribution in [2.45, 2.75) is 33.1 Å². The number of amides is 1. The zero-order valence-corrected chi connectivity index (χ0v) is 12.4. The van der Waals surface area contributed by atoms with Gasteiger partial charge in [0.2, 0.25) is 5.91 Å². The maximum absolute atomic E-state index is 11.7. The van der Waals surface area contributed by atoms with Crippen LogP contribution in [-0.2, 0) is 9.59 Å². The number of carbonyl (C=O) groups excluding carboxylic acids is 1. The highest BCUT2D eigenvalue weighted by atomic mass is 16.5. The predicted molar refractivity (Wildman–Crippen MR) is 78.3 cm³/mol. The molecule has 5 nitrogen and oxygen atoms in total. The Labute approximate surface area is 124 Å². The van der Waals surface area contributed by atoms with Crippen LogP contribution in [0, 0.1) is 19.3 Å². The van der Waals surface area contributed by atoms with E-state index in [1.165, 1.54) is 0 Å². The largest absolute Gasteiger partial charge is 0.493 e. The Bertz CT molecular complexity index is 549. The lowest BCUT2D eigenvalue weighted by atomic mass is 10.1. The normalized spacial score (nSPS) is 15.3. The van der Waals surface area contributed by atoms with Gasteiger partial charge >= 0.3 is 5.97 Å². The van der Waals surface area contributed by atoms with Crippen LogP contribution in [0.15, 0.2) is 18.2 Å². The Morgan fingerprint density at radius 2 is 2.05 bits per heavy atom. The molecule has 0 aromatic heterocycles. The van der Waals surface area contributed by atoms with Gasteiger partial charge in [0, 0.05) is 6.54 Å². The predicted octanol–water partition coefficient (Wildman–Crippen LogP) is 2.05. The van der Waals surface area contributed by atoms with Crippen molar-refractivity contribution in [3.63, 3.8) is 0 Å². The summed E-state index contributed by atoms with van der Waals surface area (Å²) in [5, 5.41) is 11.7. The molecular weight excluding hydrogens is 270 g/mol. The number of hydrogen-bond acceptors (Lipinski definition) is 3. The molecule has 114 valence electrons.